The Morgan fingerprint density at radius 1 is 1.30 bits per heavy atom. The summed E-state index contributed by atoms with van der Waals surface area (Å²) in [4.78, 5) is 55.8. The molecule has 27 heavy (non-hydrogen) atoms. The Bertz CT molecular complexity index is 1010. The third-order valence-corrected chi connectivity index (χ3v) is 4.11. The van der Waals surface area contributed by atoms with E-state index in [1.807, 2.05) is 0 Å². The molecule has 0 saturated heterocycles. The number of amides is 3. The van der Waals surface area contributed by atoms with Gasteiger partial charge in [-0.05, 0) is 25.0 Å². The van der Waals surface area contributed by atoms with Crippen LogP contribution in [0.3, 0.4) is 0 Å². The minimum Gasteiger partial charge on any atom is -0.352 e. The number of aromatic nitrogens is 3. The molecular weight excluding hydrogens is 352 g/mol. The van der Waals surface area contributed by atoms with Crippen molar-refractivity contribution in [2.24, 2.45) is 0 Å². The van der Waals surface area contributed by atoms with Crippen LogP contribution in [-0.4, -0.2) is 33.4 Å². The summed E-state index contributed by atoms with van der Waals surface area (Å²) in [5.74, 6) is -0.380. The Kier molecular flexibility index (Phi) is 5.15. The van der Waals surface area contributed by atoms with Gasteiger partial charge in [0.25, 0.3) is 11.5 Å². The highest BCUT2D eigenvalue weighted by Crippen LogP contribution is 2.25. The van der Waals surface area contributed by atoms with Crippen LogP contribution in [0, 0.1) is 0 Å². The van der Waals surface area contributed by atoms with E-state index in [2.05, 4.69) is 30.9 Å². The molecule has 3 rings (SSSR count). The zero-order chi connectivity index (χ0) is 19.4. The van der Waals surface area contributed by atoms with E-state index in [4.69, 9.17) is 0 Å². The predicted molar refractivity (Wildman–Crippen MR) is 95.7 cm³/mol. The normalized spacial score (nSPS) is 16.5. The topological polar surface area (TPSA) is 149 Å². The molecule has 2 aromatic rings. The maximum Gasteiger partial charge on any atom is 0.325 e. The molecule has 1 aliphatic rings. The SMILES string of the molecule is CC1=C(C(=O)NCCc2c[nH]c(=O)[nH]c2=O)[C@H](c2cccnc2)NC(=O)N1. The number of aromatic amines is 2. The van der Waals surface area contributed by atoms with Crippen LogP contribution in [0.2, 0.25) is 0 Å². The number of H-pyrrole nitrogens is 2. The number of hydrogen-bond donors (Lipinski definition) is 5. The lowest BCUT2D eigenvalue weighted by atomic mass is 9.96. The van der Waals surface area contributed by atoms with Crippen LogP contribution in [0.15, 0.2) is 51.6 Å². The summed E-state index contributed by atoms with van der Waals surface area (Å²) in [6.07, 6.45) is 4.74. The Labute approximate surface area is 153 Å². The molecule has 3 heterocycles. The van der Waals surface area contributed by atoms with Gasteiger partial charge in [0, 0.05) is 36.4 Å². The monoisotopic (exact) mass is 370 g/mol. The average Bonchev–Trinajstić information content (AvgIpc) is 2.63. The highest BCUT2D eigenvalue weighted by molar-refractivity contribution is 5.98. The molecule has 0 radical (unpaired) electrons. The van der Waals surface area contributed by atoms with Crippen molar-refractivity contribution in [3.05, 3.63) is 74.0 Å². The van der Waals surface area contributed by atoms with E-state index >= 15 is 0 Å². The molecule has 10 nitrogen and oxygen atoms in total. The Morgan fingerprint density at radius 2 is 2.11 bits per heavy atom. The van der Waals surface area contributed by atoms with Crippen molar-refractivity contribution in [2.45, 2.75) is 19.4 Å². The van der Waals surface area contributed by atoms with Gasteiger partial charge in [-0.1, -0.05) is 6.07 Å². The van der Waals surface area contributed by atoms with Gasteiger partial charge < -0.3 is 20.9 Å². The molecule has 140 valence electrons. The van der Waals surface area contributed by atoms with E-state index in [1.165, 1.54) is 6.20 Å². The highest BCUT2D eigenvalue weighted by atomic mass is 16.2. The van der Waals surface area contributed by atoms with Crippen molar-refractivity contribution in [1.82, 2.24) is 30.9 Å². The number of carbonyl (C=O) groups excluding carboxylic acids is 2. The van der Waals surface area contributed by atoms with Crippen LogP contribution >= 0.6 is 0 Å². The van der Waals surface area contributed by atoms with Crippen molar-refractivity contribution in [2.75, 3.05) is 6.54 Å². The largest absolute Gasteiger partial charge is 0.352 e. The molecule has 0 aromatic carbocycles. The molecule has 0 bridgehead atoms. The molecule has 0 spiro atoms. The predicted octanol–water partition coefficient (Wildman–Crippen LogP) is -0.555. The molecule has 0 saturated carbocycles. The van der Waals surface area contributed by atoms with Gasteiger partial charge in [0.2, 0.25) is 0 Å². The van der Waals surface area contributed by atoms with E-state index in [0.717, 1.165) is 0 Å². The van der Waals surface area contributed by atoms with E-state index < -0.39 is 23.3 Å². The lowest BCUT2D eigenvalue weighted by Gasteiger charge is -2.28. The highest BCUT2D eigenvalue weighted by Gasteiger charge is 2.31. The third kappa shape index (κ3) is 4.11. The summed E-state index contributed by atoms with van der Waals surface area (Å²) in [5, 5.41) is 8.04. The van der Waals surface area contributed by atoms with Gasteiger partial charge in [-0.2, -0.15) is 0 Å². The van der Waals surface area contributed by atoms with Gasteiger partial charge in [-0.3, -0.25) is 19.6 Å². The summed E-state index contributed by atoms with van der Waals surface area (Å²) in [7, 11) is 0. The molecular formula is C17H18N6O4. The fraction of sp³-hybridized carbons (Fsp3) is 0.235. The van der Waals surface area contributed by atoms with E-state index in [0.29, 0.717) is 22.4 Å². The second kappa shape index (κ2) is 7.68. The van der Waals surface area contributed by atoms with Crippen molar-refractivity contribution in [1.29, 1.82) is 0 Å². The number of urea groups is 1. The fourth-order valence-corrected chi connectivity index (χ4v) is 2.82. The molecule has 1 atom stereocenters. The van der Waals surface area contributed by atoms with Crippen LogP contribution in [0.4, 0.5) is 4.79 Å². The van der Waals surface area contributed by atoms with Crippen molar-refractivity contribution in [3.8, 4) is 0 Å². The summed E-state index contributed by atoms with van der Waals surface area (Å²) >= 11 is 0. The molecule has 0 unspecified atom stereocenters. The van der Waals surface area contributed by atoms with Gasteiger partial charge in [0.1, 0.15) is 0 Å². The quantitative estimate of drug-likeness (QED) is 0.478. The number of nitrogens with zero attached hydrogens (tertiary/aromatic N) is 1. The standard InChI is InChI=1S/C17H18N6O4/c1-9-12(13(22-17(27)21-9)10-3-2-5-18-7-10)15(25)19-6-4-11-8-20-16(26)23-14(11)24/h2-3,5,7-8,13H,4,6H2,1H3,(H,19,25)(H2,21,22,27)(H2,20,23,24,26)/t13-/m0/s1. The molecule has 0 fully saturated rings. The van der Waals surface area contributed by atoms with Crippen molar-refractivity contribution >= 4 is 11.9 Å². The van der Waals surface area contributed by atoms with E-state index in [9.17, 15) is 19.2 Å². The van der Waals surface area contributed by atoms with Crippen molar-refractivity contribution in [3.63, 3.8) is 0 Å². The molecule has 10 heteroatoms. The summed E-state index contributed by atoms with van der Waals surface area (Å²) in [6.45, 7) is 1.82. The average molecular weight is 370 g/mol. The first-order valence-corrected chi connectivity index (χ1v) is 8.23. The minimum atomic E-state index is -0.635. The zero-order valence-corrected chi connectivity index (χ0v) is 14.5. The van der Waals surface area contributed by atoms with Crippen LogP contribution < -0.4 is 27.2 Å². The smallest absolute Gasteiger partial charge is 0.325 e. The van der Waals surface area contributed by atoms with Crippen molar-refractivity contribution < 1.29 is 9.59 Å². The maximum absolute atomic E-state index is 12.7. The number of pyridine rings is 1. The summed E-state index contributed by atoms with van der Waals surface area (Å²) in [5.41, 5.74) is 0.735. The van der Waals surface area contributed by atoms with Gasteiger partial charge >= 0.3 is 11.7 Å². The second-order valence-corrected chi connectivity index (χ2v) is 5.96. The summed E-state index contributed by atoms with van der Waals surface area (Å²) in [6, 6.07) is 2.45. The fourth-order valence-electron chi connectivity index (χ4n) is 2.82. The van der Waals surface area contributed by atoms with Gasteiger partial charge in [-0.15, -0.1) is 0 Å². The first-order chi connectivity index (χ1) is 13.0. The first kappa shape index (κ1) is 18.1. The lowest BCUT2D eigenvalue weighted by Crippen LogP contribution is -2.47. The number of nitrogens with one attached hydrogen (secondary N) is 5. The van der Waals surface area contributed by atoms with E-state index in [1.54, 1.807) is 31.5 Å². The van der Waals surface area contributed by atoms with Gasteiger partial charge in [0.15, 0.2) is 0 Å². The minimum absolute atomic E-state index is 0.179. The molecule has 3 amide bonds. The van der Waals surface area contributed by atoms with Gasteiger partial charge in [-0.25, -0.2) is 9.59 Å². The van der Waals surface area contributed by atoms with E-state index in [-0.39, 0.29) is 18.9 Å². The number of allylic oxidation sites excluding steroid dienone is 1. The number of hydrogen-bond acceptors (Lipinski definition) is 5. The van der Waals surface area contributed by atoms with Crippen LogP contribution in [-0.2, 0) is 11.2 Å². The first-order valence-electron chi connectivity index (χ1n) is 8.23. The Hall–Kier alpha value is -3.69. The molecule has 5 N–H and O–H groups in total. The zero-order valence-electron chi connectivity index (χ0n) is 14.5. The molecule has 1 aliphatic heterocycles. The number of rotatable bonds is 5. The van der Waals surface area contributed by atoms with Crippen LogP contribution in [0.1, 0.15) is 24.1 Å². The van der Waals surface area contributed by atoms with Gasteiger partial charge in [0.05, 0.1) is 11.6 Å². The Balaban J connectivity index is 1.74. The second-order valence-electron chi connectivity index (χ2n) is 5.96. The van der Waals surface area contributed by atoms with Crippen LogP contribution in [0.25, 0.3) is 0 Å². The third-order valence-electron chi connectivity index (χ3n) is 4.11. The maximum atomic E-state index is 12.7. The number of carbonyl (C=O) groups is 2. The molecule has 0 aliphatic carbocycles. The summed E-state index contributed by atoms with van der Waals surface area (Å²) < 4.78 is 0. The molecule has 2 aromatic heterocycles. The van der Waals surface area contributed by atoms with Crippen LogP contribution in [0.5, 0.6) is 0 Å². The Morgan fingerprint density at radius 3 is 2.81 bits per heavy atom. The lowest BCUT2D eigenvalue weighted by molar-refractivity contribution is -0.117.